The molecule has 0 spiro atoms. The molecule has 0 bridgehead atoms. The minimum absolute atomic E-state index is 0.0118. The number of carbonyl (C=O) groups excluding carboxylic acids is 1. The van der Waals surface area contributed by atoms with E-state index in [1.54, 1.807) is 6.08 Å². The second-order valence-electron chi connectivity index (χ2n) is 7.73. The van der Waals surface area contributed by atoms with Gasteiger partial charge in [-0.3, -0.25) is 9.69 Å². The SMILES string of the molecule is O=C(C=Cc1ccccc1)N1CC[C@](O)(c2ccccc2)[C@H](N2CCOCC2)C1. The Kier molecular flexibility index (Phi) is 6.09. The molecule has 2 atom stereocenters. The Morgan fingerprint density at radius 3 is 2.34 bits per heavy atom. The monoisotopic (exact) mass is 392 g/mol. The first-order chi connectivity index (χ1) is 14.2. The molecule has 152 valence electrons. The first kappa shape index (κ1) is 19.8. The second kappa shape index (κ2) is 8.91. The summed E-state index contributed by atoms with van der Waals surface area (Å²) in [4.78, 5) is 17.0. The first-order valence-electron chi connectivity index (χ1n) is 10.3. The lowest BCUT2D eigenvalue weighted by atomic mass is 9.79. The lowest BCUT2D eigenvalue weighted by molar-refractivity contribution is -0.143. The summed E-state index contributed by atoms with van der Waals surface area (Å²) in [6.07, 6.45) is 4.01. The summed E-state index contributed by atoms with van der Waals surface area (Å²) < 4.78 is 5.51. The smallest absolute Gasteiger partial charge is 0.246 e. The number of hydrogen-bond donors (Lipinski definition) is 1. The highest BCUT2D eigenvalue weighted by atomic mass is 16.5. The Balaban J connectivity index is 1.54. The molecular formula is C24H28N2O3. The number of benzene rings is 2. The Hall–Kier alpha value is -2.47. The standard InChI is InChI=1S/C24H28N2O3/c27-23(12-11-20-7-3-1-4-8-20)26-14-13-24(28,21-9-5-2-6-10-21)22(19-26)25-15-17-29-18-16-25/h1-12,22,28H,13-19H2/t22-,24+/m1/s1. The fraction of sp³-hybridized carbons (Fsp3) is 0.375. The van der Waals surface area contributed by atoms with Crippen LogP contribution in [-0.4, -0.2) is 66.2 Å². The summed E-state index contributed by atoms with van der Waals surface area (Å²) in [6.45, 7) is 3.88. The number of rotatable bonds is 4. The van der Waals surface area contributed by atoms with E-state index >= 15 is 0 Å². The molecule has 2 saturated heterocycles. The molecule has 2 heterocycles. The zero-order chi connectivity index (χ0) is 20.1. The number of likely N-dealkylation sites (tertiary alicyclic amines) is 1. The van der Waals surface area contributed by atoms with Crippen LogP contribution in [0, 0.1) is 0 Å². The number of amides is 1. The zero-order valence-corrected chi connectivity index (χ0v) is 16.6. The van der Waals surface area contributed by atoms with Crippen LogP contribution in [0.25, 0.3) is 6.08 Å². The van der Waals surface area contributed by atoms with Crippen LogP contribution in [0.15, 0.2) is 66.7 Å². The molecule has 2 aliphatic rings. The van der Waals surface area contributed by atoms with Gasteiger partial charge in [-0.05, 0) is 23.6 Å². The van der Waals surface area contributed by atoms with E-state index < -0.39 is 5.60 Å². The number of ether oxygens (including phenoxy) is 1. The van der Waals surface area contributed by atoms with Gasteiger partial charge in [0.1, 0.15) is 5.60 Å². The average molecular weight is 392 g/mol. The molecule has 2 fully saturated rings. The molecule has 2 aromatic carbocycles. The highest BCUT2D eigenvalue weighted by Crippen LogP contribution is 2.36. The molecule has 0 aliphatic carbocycles. The van der Waals surface area contributed by atoms with E-state index in [0.717, 1.165) is 24.2 Å². The number of hydrogen-bond acceptors (Lipinski definition) is 4. The number of piperidine rings is 1. The maximum Gasteiger partial charge on any atom is 0.246 e. The maximum absolute atomic E-state index is 12.9. The lowest BCUT2D eigenvalue weighted by Gasteiger charge is -2.50. The van der Waals surface area contributed by atoms with Crippen LogP contribution in [-0.2, 0) is 15.1 Å². The third-order valence-corrected chi connectivity index (χ3v) is 6.00. The number of nitrogens with zero attached hydrogens (tertiary/aromatic N) is 2. The lowest BCUT2D eigenvalue weighted by Crippen LogP contribution is -2.63. The predicted molar refractivity (Wildman–Crippen MR) is 113 cm³/mol. The summed E-state index contributed by atoms with van der Waals surface area (Å²) in [7, 11) is 0. The Morgan fingerprint density at radius 2 is 1.66 bits per heavy atom. The summed E-state index contributed by atoms with van der Waals surface area (Å²) in [5.74, 6) is -0.0118. The molecule has 0 aromatic heterocycles. The van der Waals surface area contributed by atoms with Crippen molar-refractivity contribution >= 4 is 12.0 Å². The van der Waals surface area contributed by atoms with Gasteiger partial charge >= 0.3 is 0 Å². The van der Waals surface area contributed by atoms with Gasteiger partial charge in [0.05, 0.1) is 19.3 Å². The van der Waals surface area contributed by atoms with Crippen molar-refractivity contribution in [3.05, 3.63) is 77.9 Å². The Labute approximate surface area is 172 Å². The predicted octanol–water partition coefficient (Wildman–Crippen LogP) is 2.52. The van der Waals surface area contributed by atoms with Gasteiger partial charge in [0, 0.05) is 32.3 Å². The third-order valence-electron chi connectivity index (χ3n) is 6.00. The first-order valence-corrected chi connectivity index (χ1v) is 10.3. The molecule has 2 aliphatic heterocycles. The van der Waals surface area contributed by atoms with Gasteiger partial charge in [0.2, 0.25) is 5.91 Å². The largest absolute Gasteiger partial charge is 0.383 e. The number of aliphatic hydroxyl groups is 1. The van der Waals surface area contributed by atoms with Crippen molar-refractivity contribution < 1.29 is 14.6 Å². The highest BCUT2D eigenvalue weighted by molar-refractivity contribution is 5.91. The molecule has 0 radical (unpaired) electrons. The summed E-state index contributed by atoms with van der Waals surface area (Å²) in [5.41, 5.74) is 0.949. The van der Waals surface area contributed by atoms with Crippen LogP contribution in [0.3, 0.4) is 0 Å². The van der Waals surface area contributed by atoms with Crippen LogP contribution in [0.5, 0.6) is 0 Å². The number of morpholine rings is 1. The van der Waals surface area contributed by atoms with Gasteiger partial charge in [0.15, 0.2) is 0 Å². The topological polar surface area (TPSA) is 53.0 Å². The van der Waals surface area contributed by atoms with Gasteiger partial charge in [0.25, 0.3) is 0 Å². The maximum atomic E-state index is 12.9. The van der Waals surface area contributed by atoms with Crippen molar-refractivity contribution in [1.82, 2.24) is 9.80 Å². The fourth-order valence-electron chi connectivity index (χ4n) is 4.33. The van der Waals surface area contributed by atoms with Crippen molar-refractivity contribution in [3.63, 3.8) is 0 Å². The van der Waals surface area contributed by atoms with Crippen LogP contribution in [0.1, 0.15) is 17.5 Å². The van der Waals surface area contributed by atoms with Crippen molar-refractivity contribution in [2.45, 2.75) is 18.1 Å². The third kappa shape index (κ3) is 4.42. The van der Waals surface area contributed by atoms with Crippen LogP contribution >= 0.6 is 0 Å². The quantitative estimate of drug-likeness (QED) is 0.813. The van der Waals surface area contributed by atoms with E-state index in [1.165, 1.54) is 0 Å². The van der Waals surface area contributed by atoms with Gasteiger partial charge in [-0.2, -0.15) is 0 Å². The van der Waals surface area contributed by atoms with Crippen LogP contribution < -0.4 is 0 Å². The molecule has 5 nitrogen and oxygen atoms in total. The van der Waals surface area contributed by atoms with Crippen LogP contribution in [0.4, 0.5) is 0 Å². The van der Waals surface area contributed by atoms with E-state index in [0.29, 0.717) is 32.7 Å². The van der Waals surface area contributed by atoms with E-state index in [2.05, 4.69) is 4.90 Å². The summed E-state index contributed by atoms with van der Waals surface area (Å²) in [6, 6.07) is 19.5. The molecule has 1 amide bonds. The highest BCUT2D eigenvalue weighted by Gasteiger charge is 2.46. The van der Waals surface area contributed by atoms with E-state index in [-0.39, 0.29) is 11.9 Å². The van der Waals surface area contributed by atoms with Crippen molar-refractivity contribution in [1.29, 1.82) is 0 Å². The van der Waals surface area contributed by atoms with Gasteiger partial charge in [-0.15, -0.1) is 0 Å². The molecule has 29 heavy (non-hydrogen) atoms. The zero-order valence-electron chi connectivity index (χ0n) is 16.6. The normalized spacial score (nSPS) is 26.0. The van der Waals surface area contributed by atoms with E-state index in [4.69, 9.17) is 4.74 Å². The molecule has 0 saturated carbocycles. The van der Waals surface area contributed by atoms with Crippen molar-refractivity contribution in [3.8, 4) is 0 Å². The minimum atomic E-state index is -0.974. The minimum Gasteiger partial charge on any atom is -0.383 e. The van der Waals surface area contributed by atoms with Gasteiger partial charge in [-0.25, -0.2) is 0 Å². The molecule has 2 aromatic rings. The van der Waals surface area contributed by atoms with E-state index in [1.807, 2.05) is 71.6 Å². The molecule has 0 unspecified atom stereocenters. The fourth-order valence-corrected chi connectivity index (χ4v) is 4.33. The number of carbonyl (C=O) groups is 1. The summed E-state index contributed by atoms with van der Waals surface area (Å²) >= 11 is 0. The molecule has 4 rings (SSSR count). The molecular weight excluding hydrogens is 364 g/mol. The average Bonchev–Trinajstić information content (AvgIpc) is 2.79. The van der Waals surface area contributed by atoms with Crippen molar-refractivity contribution in [2.24, 2.45) is 0 Å². The second-order valence-corrected chi connectivity index (χ2v) is 7.73. The Bertz CT molecular complexity index is 834. The molecule has 1 N–H and O–H groups in total. The summed E-state index contributed by atoms with van der Waals surface area (Å²) in [5, 5.41) is 11.7. The van der Waals surface area contributed by atoms with Gasteiger partial charge < -0.3 is 14.7 Å². The van der Waals surface area contributed by atoms with Crippen molar-refractivity contribution in [2.75, 3.05) is 39.4 Å². The Morgan fingerprint density at radius 1 is 1.00 bits per heavy atom. The van der Waals surface area contributed by atoms with Crippen LogP contribution in [0.2, 0.25) is 0 Å². The molecule has 5 heteroatoms. The van der Waals surface area contributed by atoms with E-state index in [9.17, 15) is 9.90 Å². The van der Waals surface area contributed by atoms with Gasteiger partial charge in [-0.1, -0.05) is 60.7 Å².